The second-order valence-electron chi connectivity index (χ2n) is 7.18. The molecule has 1 saturated heterocycles. The van der Waals surface area contributed by atoms with Crippen molar-refractivity contribution in [2.45, 2.75) is 18.2 Å². The average molecular weight is 443 g/mol. The number of hydrogen-bond acceptors (Lipinski definition) is 7. The van der Waals surface area contributed by atoms with Crippen LogP contribution in [0.3, 0.4) is 0 Å². The summed E-state index contributed by atoms with van der Waals surface area (Å²) in [6.45, 7) is 4.85. The number of thioether (sulfide) groups is 1. The van der Waals surface area contributed by atoms with Crippen LogP contribution in [0, 0.1) is 17.0 Å². The molecule has 1 amide bonds. The Hall–Kier alpha value is -2.65. The van der Waals surface area contributed by atoms with Crippen LogP contribution in [0.5, 0.6) is 0 Å². The third kappa shape index (κ3) is 4.73. The maximum atomic E-state index is 12.5. The van der Waals surface area contributed by atoms with Gasteiger partial charge in [-0.2, -0.15) is 0 Å². The van der Waals surface area contributed by atoms with E-state index in [2.05, 4.69) is 41.1 Å². The molecule has 2 heterocycles. The van der Waals surface area contributed by atoms with E-state index < -0.39 is 0 Å². The third-order valence-electron chi connectivity index (χ3n) is 5.08. The number of anilines is 1. The fourth-order valence-electron chi connectivity index (χ4n) is 3.35. The molecule has 0 N–H and O–H groups in total. The molecule has 0 aliphatic carbocycles. The van der Waals surface area contributed by atoms with E-state index in [1.54, 1.807) is 23.9 Å². The van der Waals surface area contributed by atoms with Crippen LogP contribution < -0.4 is 4.90 Å². The van der Waals surface area contributed by atoms with E-state index in [9.17, 15) is 14.9 Å². The van der Waals surface area contributed by atoms with Crippen LogP contribution in [-0.2, 0) is 4.79 Å². The lowest BCUT2D eigenvalue weighted by Gasteiger charge is -2.34. The Balaban J connectivity index is 1.29. The highest BCUT2D eigenvalue weighted by atomic mass is 32.2. The van der Waals surface area contributed by atoms with Gasteiger partial charge in [-0.05, 0) is 25.1 Å². The first-order valence-electron chi connectivity index (χ1n) is 9.77. The van der Waals surface area contributed by atoms with Gasteiger partial charge in [-0.1, -0.05) is 29.0 Å². The number of benzene rings is 2. The predicted octanol–water partition coefficient (Wildman–Crippen LogP) is 4.34. The molecule has 1 aliphatic heterocycles. The highest BCUT2D eigenvalue weighted by Gasteiger charge is 2.23. The number of nitro groups is 1. The van der Waals surface area contributed by atoms with Crippen molar-refractivity contribution < 1.29 is 9.72 Å². The number of nitro benzene ring substituents is 1. The number of nitrogens with zero attached hydrogens (tertiary/aromatic N) is 4. The normalized spacial score (nSPS) is 14.3. The Morgan fingerprint density at radius 2 is 1.90 bits per heavy atom. The van der Waals surface area contributed by atoms with Crippen LogP contribution in [-0.4, -0.2) is 52.6 Å². The summed E-state index contributed by atoms with van der Waals surface area (Å²) in [7, 11) is 0. The monoisotopic (exact) mass is 442 g/mol. The molecular weight excluding hydrogens is 420 g/mol. The molecule has 0 unspecified atom stereocenters. The number of aromatic nitrogens is 1. The Labute approximate surface area is 182 Å². The topological polar surface area (TPSA) is 79.6 Å². The standard InChI is InChI=1S/C21H22N4O3S2/c1-15-2-5-17(6-3-15)29-13-8-20(26)23-9-11-24(12-10-23)21-22-18-7-4-16(25(27)28)14-19(18)30-21/h2-7,14H,8-13H2,1H3. The SMILES string of the molecule is Cc1ccc(SCCC(=O)N2CCN(c3nc4ccc([N+](=O)[O-])cc4s3)CC2)cc1. The summed E-state index contributed by atoms with van der Waals surface area (Å²) in [5.41, 5.74) is 2.09. The maximum absolute atomic E-state index is 12.5. The van der Waals surface area contributed by atoms with Crippen molar-refractivity contribution in [1.29, 1.82) is 0 Å². The maximum Gasteiger partial charge on any atom is 0.270 e. The molecule has 30 heavy (non-hydrogen) atoms. The molecule has 0 radical (unpaired) electrons. The number of rotatable bonds is 6. The van der Waals surface area contributed by atoms with Gasteiger partial charge < -0.3 is 9.80 Å². The van der Waals surface area contributed by atoms with Crippen molar-refractivity contribution in [3.05, 3.63) is 58.1 Å². The van der Waals surface area contributed by atoms with E-state index in [0.717, 1.165) is 34.2 Å². The Morgan fingerprint density at radius 3 is 2.60 bits per heavy atom. The second kappa shape index (κ2) is 9.01. The number of non-ortho nitro benzene ring substituents is 1. The molecule has 1 aromatic heterocycles. The number of hydrogen-bond donors (Lipinski definition) is 0. The number of carbonyl (C=O) groups excluding carboxylic acids is 1. The van der Waals surface area contributed by atoms with Gasteiger partial charge in [0.15, 0.2) is 5.13 Å². The van der Waals surface area contributed by atoms with Gasteiger partial charge in [0.2, 0.25) is 5.91 Å². The lowest BCUT2D eigenvalue weighted by Crippen LogP contribution is -2.48. The molecule has 156 valence electrons. The van der Waals surface area contributed by atoms with Crippen molar-refractivity contribution in [3.8, 4) is 0 Å². The van der Waals surface area contributed by atoms with Crippen LogP contribution in [0.25, 0.3) is 10.2 Å². The number of thiazole rings is 1. The first-order valence-corrected chi connectivity index (χ1v) is 11.6. The summed E-state index contributed by atoms with van der Waals surface area (Å²) >= 11 is 3.17. The summed E-state index contributed by atoms with van der Waals surface area (Å²) in [5.74, 6) is 0.966. The van der Waals surface area contributed by atoms with Crippen molar-refractivity contribution >= 4 is 50.0 Å². The predicted molar refractivity (Wildman–Crippen MR) is 122 cm³/mol. The van der Waals surface area contributed by atoms with E-state index in [-0.39, 0.29) is 16.5 Å². The smallest absolute Gasteiger partial charge is 0.270 e. The Kier molecular flexibility index (Phi) is 6.19. The number of carbonyl (C=O) groups is 1. The van der Waals surface area contributed by atoms with Gasteiger partial charge in [0.25, 0.3) is 5.69 Å². The van der Waals surface area contributed by atoms with E-state index in [0.29, 0.717) is 19.5 Å². The fourth-order valence-corrected chi connectivity index (χ4v) is 5.24. The van der Waals surface area contributed by atoms with Gasteiger partial charge in [0.05, 0.1) is 15.1 Å². The van der Waals surface area contributed by atoms with E-state index in [4.69, 9.17) is 0 Å². The Bertz CT molecular complexity index is 1060. The molecule has 2 aromatic carbocycles. The number of fused-ring (bicyclic) bond motifs is 1. The van der Waals surface area contributed by atoms with Crippen LogP contribution in [0.1, 0.15) is 12.0 Å². The lowest BCUT2D eigenvalue weighted by atomic mass is 10.2. The second-order valence-corrected chi connectivity index (χ2v) is 9.36. The zero-order chi connectivity index (χ0) is 21.1. The van der Waals surface area contributed by atoms with Gasteiger partial charge in [0, 0.05) is 55.4 Å². The summed E-state index contributed by atoms with van der Waals surface area (Å²) in [6.07, 6.45) is 0.531. The molecule has 0 spiro atoms. The molecule has 7 nitrogen and oxygen atoms in total. The van der Waals surface area contributed by atoms with Crippen molar-refractivity contribution in [3.63, 3.8) is 0 Å². The summed E-state index contributed by atoms with van der Waals surface area (Å²) in [6, 6.07) is 13.1. The minimum Gasteiger partial charge on any atom is -0.345 e. The minimum atomic E-state index is -0.389. The third-order valence-corrected chi connectivity index (χ3v) is 7.17. The number of amides is 1. The molecular formula is C21H22N4O3S2. The van der Waals surface area contributed by atoms with Gasteiger partial charge in [-0.25, -0.2) is 4.98 Å². The van der Waals surface area contributed by atoms with Crippen LogP contribution >= 0.6 is 23.1 Å². The van der Waals surface area contributed by atoms with E-state index >= 15 is 0 Å². The summed E-state index contributed by atoms with van der Waals surface area (Å²) < 4.78 is 0.811. The van der Waals surface area contributed by atoms with Crippen LogP contribution in [0.2, 0.25) is 0 Å². The highest BCUT2D eigenvalue weighted by Crippen LogP contribution is 2.32. The van der Waals surface area contributed by atoms with E-state index in [1.807, 2.05) is 4.90 Å². The molecule has 4 rings (SSSR count). The summed E-state index contributed by atoms with van der Waals surface area (Å²) in [5, 5.41) is 11.8. The lowest BCUT2D eigenvalue weighted by molar-refractivity contribution is -0.384. The first-order chi connectivity index (χ1) is 14.5. The molecule has 1 aliphatic rings. The van der Waals surface area contributed by atoms with Gasteiger partial charge in [-0.15, -0.1) is 11.8 Å². The molecule has 0 atom stereocenters. The van der Waals surface area contributed by atoms with Crippen LogP contribution in [0.15, 0.2) is 47.4 Å². The van der Waals surface area contributed by atoms with Crippen molar-refractivity contribution in [2.24, 2.45) is 0 Å². The number of piperazine rings is 1. The quantitative estimate of drug-likeness (QED) is 0.321. The zero-order valence-electron chi connectivity index (χ0n) is 16.6. The minimum absolute atomic E-state index is 0.0802. The molecule has 1 fully saturated rings. The van der Waals surface area contributed by atoms with Crippen molar-refractivity contribution in [1.82, 2.24) is 9.88 Å². The first kappa shape index (κ1) is 20.6. The van der Waals surface area contributed by atoms with E-state index in [1.165, 1.54) is 27.9 Å². The number of aryl methyl sites for hydroxylation is 1. The molecule has 9 heteroatoms. The van der Waals surface area contributed by atoms with Crippen molar-refractivity contribution in [2.75, 3.05) is 36.8 Å². The van der Waals surface area contributed by atoms with Crippen LogP contribution in [0.4, 0.5) is 10.8 Å². The molecule has 0 saturated carbocycles. The zero-order valence-corrected chi connectivity index (χ0v) is 18.2. The largest absolute Gasteiger partial charge is 0.345 e. The summed E-state index contributed by atoms with van der Waals surface area (Å²) in [4.78, 5) is 33.0. The Morgan fingerprint density at radius 1 is 1.17 bits per heavy atom. The average Bonchev–Trinajstić information content (AvgIpc) is 3.18. The highest BCUT2D eigenvalue weighted by molar-refractivity contribution is 7.99. The fraction of sp³-hybridized carbons (Fsp3) is 0.333. The van der Waals surface area contributed by atoms with Gasteiger partial charge >= 0.3 is 0 Å². The molecule has 0 bridgehead atoms. The van der Waals surface area contributed by atoms with Gasteiger partial charge in [0.1, 0.15) is 0 Å². The molecule has 3 aromatic rings. The van der Waals surface area contributed by atoms with Gasteiger partial charge in [-0.3, -0.25) is 14.9 Å².